The fourth-order valence-corrected chi connectivity index (χ4v) is 4.31. The van der Waals surface area contributed by atoms with Crippen molar-refractivity contribution in [3.8, 4) is 5.75 Å². The van der Waals surface area contributed by atoms with E-state index in [1.807, 2.05) is 0 Å². The number of hydrogen-bond acceptors (Lipinski definition) is 4. The van der Waals surface area contributed by atoms with Crippen LogP contribution in [0.1, 0.15) is 18.9 Å². The molecular formula is C12H15F2NO3S. The van der Waals surface area contributed by atoms with E-state index in [1.54, 1.807) is 6.92 Å². The van der Waals surface area contributed by atoms with Crippen molar-refractivity contribution in [2.75, 3.05) is 11.5 Å². The van der Waals surface area contributed by atoms with Gasteiger partial charge in [0.15, 0.2) is 27.2 Å². The predicted molar refractivity (Wildman–Crippen MR) is 66.5 cm³/mol. The lowest BCUT2D eigenvalue weighted by Gasteiger charge is -2.24. The zero-order valence-electron chi connectivity index (χ0n) is 10.4. The molecule has 0 bridgehead atoms. The maximum atomic E-state index is 13.1. The summed E-state index contributed by atoms with van der Waals surface area (Å²) in [4.78, 5) is 0. The third-order valence-corrected chi connectivity index (χ3v) is 5.20. The number of benzene rings is 1. The summed E-state index contributed by atoms with van der Waals surface area (Å²) in [6.07, 6.45) is 0.471. The molecular weight excluding hydrogens is 276 g/mol. The average molecular weight is 291 g/mol. The summed E-state index contributed by atoms with van der Waals surface area (Å²) in [7, 11) is -3.03. The number of phenolic OH excluding ortho intramolecular Hbond substituents is 1. The number of rotatable bonds is 3. The van der Waals surface area contributed by atoms with E-state index in [2.05, 4.69) is 5.32 Å². The molecule has 2 rings (SSSR count). The van der Waals surface area contributed by atoms with Crippen LogP contribution in [0.15, 0.2) is 12.1 Å². The van der Waals surface area contributed by atoms with Crippen LogP contribution in [-0.2, 0) is 16.4 Å². The Labute approximate surface area is 110 Å². The fourth-order valence-electron chi connectivity index (χ4n) is 2.19. The Morgan fingerprint density at radius 1 is 1.37 bits per heavy atom. The first-order valence-electron chi connectivity index (χ1n) is 5.83. The van der Waals surface area contributed by atoms with Crippen LogP contribution in [0, 0.1) is 11.6 Å². The number of sulfone groups is 1. The average Bonchev–Trinajstić information content (AvgIpc) is 2.58. The molecule has 1 unspecified atom stereocenters. The minimum absolute atomic E-state index is 0.0169. The summed E-state index contributed by atoms with van der Waals surface area (Å²) in [5, 5.41) is 12.0. The Bertz CT molecular complexity index is 580. The maximum absolute atomic E-state index is 13.1. The third kappa shape index (κ3) is 3.22. The second-order valence-electron chi connectivity index (χ2n) is 5.16. The van der Waals surface area contributed by atoms with Gasteiger partial charge in [-0.25, -0.2) is 17.2 Å². The van der Waals surface area contributed by atoms with Crippen LogP contribution in [0.5, 0.6) is 5.75 Å². The van der Waals surface area contributed by atoms with E-state index < -0.39 is 32.8 Å². The second kappa shape index (κ2) is 4.72. The van der Waals surface area contributed by atoms with E-state index in [1.165, 1.54) is 0 Å². The van der Waals surface area contributed by atoms with Crippen LogP contribution in [0.2, 0.25) is 0 Å². The van der Waals surface area contributed by atoms with E-state index in [0.29, 0.717) is 12.0 Å². The minimum Gasteiger partial charge on any atom is -0.503 e. The molecule has 1 aromatic carbocycles. The first kappa shape index (κ1) is 14.2. The normalized spacial score (nSPS) is 25.6. The van der Waals surface area contributed by atoms with Gasteiger partial charge in [-0.15, -0.1) is 0 Å². The van der Waals surface area contributed by atoms with E-state index in [-0.39, 0.29) is 18.1 Å². The standard InChI is InChI=1S/C12H15F2NO3S/c1-12(2-3-19(17,18)7-12)15-6-8-4-9(13)11(16)10(14)5-8/h4-5,15-16H,2-3,6-7H2,1H3. The lowest BCUT2D eigenvalue weighted by Crippen LogP contribution is -2.42. The summed E-state index contributed by atoms with van der Waals surface area (Å²) in [5.41, 5.74) is -0.262. The lowest BCUT2D eigenvalue weighted by atomic mass is 10.0. The van der Waals surface area contributed by atoms with Crippen LogP contribution in [0.3, 0.4) is 0 Å². The van der Waals surface area contributed by atoms with Gasteiger partial charge in [0.25, 0.3) is 0 Å². The second-order valence-corrected chi connectivity index (χ2v) is 7.35. The highest BCUT2D eigenvalue weighted by Crippen LogP contribution is 2.25. The van der Waals surface area contributed by atoms with E-state index in [0.717, 1.165) is 12.1 Å². The molecule has 1 heterocycles. The first-order chi connectivity index (χ1) is 8.71. The van der Waals surface area contributed by atoms with Crippen molar-refractivity contribution in [3.63, 3.8) is 0 Å². The summed E-state index contributed by atoms with van der Waals surface area (Å²) in [6.45, 7) is 1.91. The molecule has 1 fully saturated rings. The molecule has 4 nitrogen and oxygen atoms in total. The molecule has 1 aromatic rings. The molecule has 1 aliphatic rings. The molecule has 0 aliphatic carbocycles. The quantitative estimate of drug-likeness (QED) is 0.882. The molecule has 0 aromatic heterocycles. The van der Waals surface area contributed by atoms with Gasteiger partial charge in [0, 0.05) is 12.1 Å². The van der Waals surface area contributed by atoms with Crippen molar-refractivity contribution >= 4 is 9.84 Å². The predicted octanol–water partition coefficient (Wildman–Crippen LogP) is 1.34. The molecule has 1 aliphatic heterocycles. The van der Waals surface area contributed by atoms with Crippen molar-refractivity contribution in [1.29, 1.82) is 0 Å². The van der Waals surface area contributed by atoms with Gasteiger partial charge in [-0.2, -0.15) is 0 Å². The largest absolute Gasteiger partial charge is 0.503 e. The number of nitrogens with one attached hydrogen (secondary N) is 1. The zero-order valence-corrected chi connectivity index (χ0v) is 11.2. The molecule has 0 saturated carbocycles. The van der Waals surface area contributed by atoms with E-state index in [4.69, 9.17) is 5.11 Å². The van der Waals surface area contributed by atoms with Crippen LogP contribution >= 0.6 is 0 Å². The molecule has 1 atom stereocenters. The fraction of sp³-hybridized carbons (Fsp3) is 0.500. The van der Waals surface area contributed by atoms with Gasteiger partial charge in [0.05, 0.1) is 11.5 Å². The Kier molecular flexibility index (Phi) is 3.53. The summed E-state index contributed by atoms with van der Waals surface area (Å²) in [6, 6.07) is 2.05. The zero-order chi connectivity index (χ0) is 14.3. The summed E-state index contributed by atoms with van der Waals surface area (Å²) < 4.78 is 49.1. The molecule has 2 N–H and O–H groups in total. The lowest BCUT2D eigenvalue weighted by molar-refractivity contribution is 0.384. The molecule has 0 spiro atoms. The summed E-state index contributed by atoms with van der Waals surface area (Å²) >= 11 is 0. The van der Waals surface area contributed by atoms with Crippen molar-refractivity contribution in [3.05, 3.63) is 29.3 Å². The molecule has 7 heteroatoms. The third-order valence-electron chi connectivity index (χ3n) is 3.30. The van der Waals surface area contributed by atoms with Gasteiger partial charge in [0.2, 0.25) is 0 Å². The van der Waals surface area contributed by atoms with Crippen LogP contribution in [0.25, 0.3) is 0 Å². The van der Waals surface area contributed by atoms with Crippen LogP contribution in [-0.4, -0.2) is 30.6 Å². The van der Waals surface area contributed by atoms with Crippen LogP contribution in [0.4, 0.5) is 8.78 Å². The van der Waals surface area contributed by atoms with Crippen molar-refractivity contribution in [2.45, 2.75) is 25.4 Å². The Balaban J connectivity index is 2.08. The van der Waals surface area contributed by atoms with Gasteiger partial charge in [-0.3, -0.25) is 0 Å². The molecule has 1 saturated heterocycles. The highest BCUT2D eigenvalue weighted by Gasteiger charge is 2.37. The van der Waals surface area contributed by atoms with Gasteiger partial charge in [-0.1, -0.05) is 0 Å². The molecule has 0 amide bonds. The monoisotopic (exact) mass is 291 g/mol. The van der Waals surface area contributed by atoms with Crippen molar-refractivity contribution in [2.24, 2.45) is 0 Å². The minimum atomic E-state index is -3.03. The number of phenols is 1. The number of halogens is 2. The smallest absolute Gasteiger partial charge is 0.187 e. The van der Waals surface area contributed by atoms with Gasteiger partial charge >= 0.3 is 0 Å². The first-order valence-corrected chi connectivity index (χ1v) is 7.65. The number of aromatic hydroxyl groups is 1. The van der Waals surface area contributed by atoms with Gasteiger partial charge in [0.1, 0.15) is 0 Å². The molecule has 106 valence electrons. The molecule has 0 radical (unpaired) electrons. The topological polar surface area (TPSA) is 66.4 Å². The number of hydrogen-bond donors (Lipinski definition) is 2. The van der Waals surface area contributed by atoms with E-state index >= 15 is 0 Å². The van der Waals surface area contributed by atoms with Gasteiger partial charge < -0.3 is 10.4 Å². The SMILES string of the molecule is CC1(NCc2cc(F)c(O)c(F)c2)CCS(=O)(=O)C1. The van der Waals surface area contributed by atoms with Gasteiger partial charge in [-0.05, 0) is 31.0 Å². The Morgan fingerprint density at radius 2 is 1.95 bits per heavy atom. The van der Waals surface area contributed by atoms with Crippen molar-refractivity contribution < 1.29 is 22.3 Å². The Hall–Kier alpha value is -1.21. The van der Waals surface area contributed by atoms with Crippen molar-refractivity contribution in [1.82, 2.24) is 5.32 Å². The van der Waals surface area contributed by atoms with E-state index in [9.17, 15) is 17.2 Å². The highest BCUT2D eigenvalue weighted by atomic mass is 32.2. The summed E-state index contributed by atoms with van der Waals surface area (Å²) in [5.74, 6) is -2.92. The highest BCUT2D eigenvalue weighted by molar-refractivity contribution is 7.91. The maximum Gasteiger partial charge on any atom is 0.187 e. The van der Waals surface area contributed by atoms with Crippen LogP contribution < -0.4 is 5.32 Å². The molecule has 19 heavy (non-hydrogen) atoms. The Morgan fingerprint density at radius 3 is 2.42 bits per heavy atom.